The fourth-order valence-electron chi connectivity index (χ4n) is 2.27. The number of urea groups is 1. The molecule has 0 saturated heterocycles. The first-order valence-electron chi connectivity index (χ1n) is 8.66. The first-order valence-corrected chi connectivity index (χ1v) is 8.66. The van der Waals surface area contributed by atoms with Crippen LogP contribution in [-0.2, 0) is 11.2 Å². The summed E-state index contributed by atoms with van der Waals surface area (Å²) in [6.45, 7) is 4.92. The van der Waals surface area contributed by atoms with Crippen LogP contribution in [0, 0.1) is 0 Å². The molecule has 0 saturated carbocycles. The highest BCUT2D eigenvalue weighted by molar-refractivity contribution is 5.92. The first kappa shape index (κ1) is 19.3. The van der Waals surface area contributed by atoms with Gasteiger partial charge in [-0.3, -0.25) is 0 Å². The van der Waals surface area contributed by atoms with Gasteiger partial charge in [0.15, 0.2) is 0 Å². The molecule has 2 aromatic rings. The third-order valence-electron chi connectivity index (χ3n) is 3.62. The standard InChI is InChI=1S/C20H24N2O4/c1-3-15-6-5-7-18(14-15)26-13-12-21-20(24)22-17-10-8-16(9-11-17)19(23)25-4-2/h5-11,14H,3-4,12-13H2,1-2H3,(H2,21,22,24). The van der Waals surface area contributed by atoms with Crippen LogP contribution in [0.25, 0.3) is 0 Å². The SMILES string of the molecule is CCOC(=O)c1ccc(NC(=O)NCCOc2cccc(CC)c2)cc1. The van der Waals surface area contributed by atoms with Crippen molar-refractivity contribution < 1.29 is 19.1 Å². The molecule has 6 nitrogen and oxygen atoms in total. The summed E-state index contributed by atoms with van der Waals surface area (Å²) in [4.78, 5) is 23.5. The highest BCUT2D eigenvalue weighted by atomic mass is 16.5. The van der Waals surface area contributed by atoms with Crippen LogP contribution in [0.4, 0.5) is 10.5 Å². The lowest BCUT2D eigenvalue weighted by Crippen LogP contribution is -2.32. The van der Waals surface area contributed by atoms with Crippen molar-refractivity contribution in [3.05, 3.63) is 59.7 Å². The van der Waals surface area contributed by atoms with Crippen molar-refractivity contribution in [3.8, 4) is 5.75 Å². The van der Waals surface area contributed by atoms with Crippen LogP contribution in [0.3, 0.4) is 0 Å². The normalized spacial score (nSPS) is 10.1. The summed E-state index contributed by atoms with van der Waals surface area (Å²) in [5.74, 6) is 0.411. The number of rotatable bonds is 8. The summed E-state index contributed by atoms with van der Waals surface area (Å²) in [5, 5.41) is 5.42. The van der Waals surface area contributed by atoms with Crippen LogP contribution in [0.15, 0.2) is 48.5 Å². The Morgan fingerprint density at radius 1 is 1.04 bits per heavy atom. The fourth-order valence-corrected chi connectivity index (χ4v) is 2.27. The van der Waals surface area contributed by atoms with Crippen molar-refractivity contribution in [1.29, 1.82) is 0 Å². The van der Waals surface area contributed by atoms with E-state index in [1.807, 2.05) is 24.3 Å². The number of carbonyl (C=O) groups excluding carboxylic acids is 2. The Hall–Kier alpha value is -3.02. The molecule has 6 heteroatoms. The predicted octanol–water partition coefficient (Wildman–Crippen LogP) is 3.63. The molecule has 0 heterocycles. The first-order chi connectivity index (χ1) is 12.6. The van der Waals surface area contributed by atoms with Gasteiger partial charge < -0.3 is 20.1 Å². The summed E-state index contributed by atoms with van der Waals surface area (Å²) < 4.78 is 10.5. The minimum absolute atomic E-state index is 0.325. The van der Waals surface area contributed by atoms with Gasteiger partial charge in [-0.2, -0.15) is 0 Å². The number of hydrogen-bond donors (Lipinski definition) is 2. The van der Waals surface area contributed by atoms with E-state index < -0.39 is 0 Å². The lowest BCUT2D eigenvalue weighted by molar-refractivity contribution is 0.0526. The summed E-state index contributed by atoms with van der Waals surface area (Å²) in [5.41, 5.74) is 2.24. The van der Waals surface area contributed by atoms with Crippen LogP contribution in [0.2, 0.25) is 0 Å². The number of aryl methyl sites for hydroxylation is 1. The molecule has 2 N–H and O–H groups in total. The van der Waals surface area contributed by atoms with Gasteiger partial charge in [0.1, 0.15) is 12.4 Å². The number of amides is 2. The van der Waals surface area contributed by atoms with E-state index in [1.165, 1.54) is 5.56 Å². The molecule has 2 aromatic carbocycles. The second-order valence-electron chi connectivity index (χ2n) is 5.53. The van der Waals surface area contributed by atoms with Crippen LogP contribution in [0.5, 0.6) is 5.75 Å². The second kappa shape index (κ2) is 10.1. The summed E-state index contributed by atoms with van der Waals surface area (Å²) in [6.07, 6.45) is 0.951. The average Bonchev–Trinajstić information content (AvgIpc) is 2.66. The lowest BCUT2D eigenvalue weighted by Gasteiger charge is -2.10. The largest absolute Gasteiger partial charge is 0.492 e. The van der Waals surface area contributed by atoms with E-state index in [9.17, 15) is 9.59 Å². The summed E-state index contributed by atoms with van der Waals surface area (Å²) >= 11 is 0. The van der Waals surface area contributed by atoms with Crippen LogP contribution in [0.1, 0.15) is 29.8 Å². The van der Waals surface area contributed by atoms with Crippen molar-refractivity contribution in [2.45, 2.75) is 20.3 Å². The lowest BCUT2D eigenvalue weighted by atomic mass is 10.2. The zero-order chi connectivity index (χ0) is 18.8. The van der Waals surface area contributed by atoms with Gasteiger partial charge in [0, 0.05) is 5.69 Å². The number of nitrogens with one attached hydrogen (secondary N) is 2. The van der Waals surface area contributed by atoms with E-state index in [-0.39, 0.29) is 12.0 Å². The van der Waals surface area contributed by atoms with E-state index in [0.717, 1.165) is 12.2 Å². The molecule has 0 aromatic heterocycles. The molecule has 0 aliphatic rings. The van der Waals surface area contributed by atoms with E-state index in [4.69, 9.17) is 9.47 Å². The number of carbonyl (C=O) groups is 2. The number of hydrogen-bond acceptors (Lipinski definition) is 4. The smallest absolute Gasteiger partial charge is 0.338 e. The zero-order valence-corrected chi connectivity index (χ0v) is 15.1. The molecule has 0 radical (unpaired) electrons. The molecule has 0 unspecified atom stereocenters. The Morgan fingerprint density at radius 3 is 2.50 bits per heavy atom. The molecule has 2 amide bonds. The molecule has 0 spiro atoms. The van der Waals surface area contributed by atoms with Gasteiger partial charge in [-0.05, 0) is 55.3 Å². The maximum Gasteiger partial charge on any atom is 0.338 e. The van der Waals surface area contributed by atoms with E-state index >= 15 is 0 Å². The Labute approximate surface area is 153 Å². The van der Waals surface area contributed by atoms with E-state index in [0.29, 0.717) is 31.0 Å². The third-order valence-corrected chi connectivity index (χ3v) is 3.62. The van der Waals surface area contributed by atoms with Crippen LogP contribution >= 0.6 is 0 Å². The van der Waals surface area contributed by atoms with Gasteiger partial charge in [0.05, 0.1) is 18.7 Å². The van der Waals surface area contributed by atoms with Gasteiger partial charge in [-0.1, -0.05) is 19.1 Å². The molecule has 0 bridgehead atoms. The Morgan fingerprint density at radius 2 is 1.81 bits per heavy atom. The molecular formula is C20H24N2O4. The van der Waals surface area contributed by atoms with Gasteiger partial charge in [0.2, 0.25) is 0 Å². The zero-order valence-electron chi connectivity index (χ0n) is 15.1. The fraction of sp³-hybridized carbons (Fsp3) is 0.300. The van der Waals surface area contributed by atoms with Crippen LogP contribution < -0.4 is 15.4 Å². The van der Waals surface area contributed by atoms with Crippen molar-refractivity contribution in [2.24, 2.45) is 0 Å². The predicted molar refractivity (Wildman–Crippen MR) is 101 cm³/mol. The molecule has 138 valence electrons. The van der Waals surface area contributed by atoms with Gasteiger partial charge in [-0.15, -0.1) is 0 Å². The Bertz CT molecular complexity index is 729. The van der Waals surface area contributed by atoms with E-state index in [2.05, 4.69) is 17.6 Å². The third kappa shape index (κ3) is 6.12. The van der Waals surface area contributed by atoms with Gasteiger partial charge in [-0.25, -0.2) is 9.59 Å². The summed E-state index contributed by atoms with van der Waals surface area (Å²) in [6, 6.07) is 14.1. The highest BCUT2D eigenvalue weighted by Crippen LogP contribution is 2.13. The highest BCUT2D eigenvalue weighted by Gasteiger charge is 2.07. The molecular weight excluding hydrogens is 332 g/mol. The van der Waals surface area contributed by atoms with Crippen LogP contribution in [-0.4, -0.2) is 31.8 Å². The van der Waals surface area contributed by atoms with Crippen molar-refractivity contribution in [3.63, 3.8) is 0 Å². The van der Waals surface area contributed by atoms with Crippen molar-refractivity contribution in [1.82, 2.24) is 5.32 Å². The van der Waals surface area contributed by atoms with E-state index in [1.54, 1.807) is 31.2 Å². The molecule has 0 fully saturated rings. The molecule has 2 rings (SSSR count). The molecule has 0 atom stereocenters. The maximum absolute atomic E-state index is 11.9. The number of ether oxygens (including phenoxy) is 2. The van der Waals surface area contributed by atoms with Crippen molar-refractivity contribution in [2.75, 3.05) is 25.1 Å². The Kier molecular flexibility index (Phi) is 7.49. The topological polar surface area (TPSA) is 76.7 Å². The monoisotopic (exact) mass is 356 g/mol. The van der Waals surface area contributed by atoms with Gasteiger partial charge >= 0.3 is 12.0 Å². The quantitative estimate of drug-likeness (QED) is 0.559. The minimum Gasteiger partial charge on any atom is -0.492 e. The number of benzene rings is 2. The molecule has 26 heavy (non-hydrogen) atoms. The average molecular weight is 356 g/mol. The van der Waals surface area contributed by atoms with Crippen molar-refractivity contribution >= 4 is 17.7 Å². The Balaban J connectivity index is 1.72. The number of anilines is 1. The molecule has 0 aliphatic heterocycles. The second-order valence-corrected chi connectivity index (χ2v) is 5.53. The summed E-state index contributed by atoms with van der Waals surface area (Å²) in [7, 11) is 0. The maximum atomic E-state index is 11.9. The minimum atomic E-state index is -0.382. The van der Waals surface area contributed by atoms with Gasteiger partial charge in [0.25, 0.3) is 0 Å². The molecule has 0 aliphatic carbocycles. The number of esters is 1.